The first-order valence-corrected chi connectivity index (χ1v) is 14.1. The zero-order chi connectivity index (χ0) is 25.8. The highest BCUT2D eigenvalue weighted by Gasteiger charge is 2.25. The number of hydrogen-bond donors (Lipinski definition) is 2. The fourth-order valence-electron chi connectivity index (χ4n) is 4.46. The van der Waals surface area contributed by atoms with E-state index < -0.39 is 0 Å². The van der Waals surface area contributed by atoms with Gasteiger partial charge in [-0.15, -0.1) is 22.7 Å². The summed E-state index contributed by atoms with van der Waals surface area (Å²) in [6.45, 7) is 3.78. The summed E-state index contributed by atoms with van der Waals surface area (Å²) in [5, 5.41) is 11.5. The van der Waals surface area contributed by atoms with E-state index in [0.29, 0.717) is 56.1 Å². The highest BCUT2D eigenvalue weighted by Crippen LogP contribution is 2.35. The monoisotopic (exact) mass is 536 g/mol. The molecule has 5 rings (SSSR count). The molecule has 1 aliphatic heterocycles. The van der Waals surface area contributed by atoms with Crippen molar-refractivity contribution in [1.29, 1.82) is 0 Å². The number of para-hydroxylation sites is 1. The molecule has 2 N–H and O–H groups in total. The molecule has 1 saturated heterocycles. The first kappa shape index (κ1) is 25.2. The Hall–Kier alpha value is -3.50. The number of amides is 3. The minimum absolute atomic E-state index is 0.0269. The van der Waals surface area contributed by atoms with Gasteiger partial charge in [-0.25, -0.2) is 4.98 Å². The second-order valence-corrected chi connectivity index (χ2v) is 10.8. The molecule has 0 bridgehead atoms. The maximum absolute atomic E-state index is 12.9. The van der Waals surface area contributed by atoms with E-state index in [1.54, 1.807) is 11.8 Å². The standard InChI is InChI=1S/C27H28N4O4S2/c1-17(32)31-12-7-18(8-13-31)25(33)28-10-4-11-29-26(34)24-20(9-14-36-24)27-30-21(16-37-27)23-15-19-5-2-3-6-22(19)35-23/h2-3,5-6,9,14-16,18H,4,7-8,10-13H2,1H3,(H,28,33)(H,29,34). The summed E-state index contributed by atoms with van der Waals surface area (Å²) in [5.74, 6) is 0.593. The molecule has 3 aromatic heterocycles. The van der Waals surface area contributed by atoms with Crippen molar-refractivity contribution in [2.45, 2.75) is 26.2 Å². The van der Waals surface area contributed by atoms with Crippen molar-refractivity contribution in [2.75, 3.05) is 26.2 Å². The lowest BCUT2D eigenvalue weighted by Gasteiger charge is -2.30. The largest absolute Gasteiger partial charge is 0.454 e. The van der Waals surface area contributed by atoms with Crippen LogP contribution in [0.3, 0.4) is 0 Å². The van der Waals surface area contributed by atoms with E-state index in [9.17, 15) is 14.4 Å². The molecule has 8 nitrogen and oxygen atoms in total. The first-order valence-electron chi connectivity index (χ1n) is 12.3. The van der Waals surface area contributed by atoms with Crippen molar-refractivity contribution >= 4 is 51.4 Å². The number of hydrogen-bond acceptors (Lipinski definition) is 7. The fourth-order valence-corrected chi connectivity index (χ4v) is 6.17. The maximum Gasteiger partial charge on any atom is 0.262 e. The fraction of sp³-hybridized carbons (Fsp3) is 0.333. The van der Waals surface area contributed by atoms with Crippen LogP contribution in [0, 0.1) is 5.92 Å². The van der Waals surface area contributed by atoms with Crippen LogP contribution in [0.1, 0.15) is 35.9 Å². The number of rotatable bonds is 8. The van der Waals surface area contributed by atoms with Crippen LogP contribution in [0.5, 0.6) is 0 Å². The third-order valence-electron chi connectivity index (χ3n) is 6.53. The van der Waals surface area contributed by atoms with Gasteiger partial charge in [0.15, 0.2) is 5.76 Å². The van der Waals surface area contributed by atoms with Gasteiger partial charge >= 0.3 is 0 Å². The number of nitrogens with zero attached hydrogens (tertiary/aromatic N) is 2. The minimum atomic E-state index is -0.145. The average molecular weight is 537 g/mol. The summed E-state index contributed by atoms with van der Waals surface area (Å²) in [7, 11) is 0. The van der Waals surface area contributed by atoms with E-state index in [4.69, 9.17) is 9.40 Å². The number of fused-ring (bicyclic) bond motifs is 1. The average Bonchev–Trinajstić information content (AvgIpc) is 3.67. The zero-order valence-electron chi connectivity index (χ0n) is 20.5. The molecule has 3 amide bonds. The van der Waals surface area contributed by atoms with Crippen LogP contribution in [-0.4, -0.2) is 53.8 Å². The van der Waals surface area contributed by atoms with Gasteiger partial charge < -0.3 is 20.0 Å². The molecule has 0 atom stereocenters. The molecule has 1 aliphatic rings. The molecule has 0 aliphatic carbocycles. The molecule has 10 heteroatoms. The smallest absolute Gasteiger partial charge is 0.262 e. The highest BCUT2D eigenvalue weighted by atomic mass is 32.1. The number of carbonyl (C=O) groups is 3. The maximum atomic E-state index is 12.9. The van der Waals surface area contributed by atoms with Crippen molar-refractivity contribution in [3.05, 3.63) is 52.0 Å². The third-order valence-corrected chi connectivity index (χ3v) is 8.32. The van der Waals surface area contributed by atoms with E-state index in [2.05, 4.69) is 10.6 Å². The number of nitrogens with one attached hydrogen (secondary N) is 2. The number of likely N-dealkylation sites (tertiary alicyclic amines) is 1. The van der Waals surface area contributed by atoms with Crippen molar-refractivity contribution in [1.82, 2.24) is 20.5 Å². The van der Waals surface area contributed by atoms with E-state index in [-0.39, 0.29) is 23.6 Å². The molecule has 4 heterocycles. The van der Waals surface area contributed by atoms with Gasteiger partial charge in [0.1, 0.15) is 21.2 Å². The molecule has 1 fully saturated rings. The van der Waals surface area contributed by atoms with Gasteiger partial charge in [-0.1, -0.05) is 18.2 Å². The van der Waals surface area contributed by atoms with E-state index >= 15 is 0 Å². The van der Waals surface area contributed by atoms with E-state index in [1.165, 1.54) is 22.7 Å². The van der Waals surface area contributed by atoms with Gasteiger partial charge in [0.25, 0.3) is 5.91 Å². The third kappa shape index (κ3) is 5.75. The normalized spacial score (nSPS) is 14.1. The zero-order valence-corrected chi connectivity index (χ0v) is 22.1. The van der Waals surface area contributed by atoms with Crippen LogP contribution in [0.2, 0.25) is 0 Å². The Morgan fingerprint density at radius 2 is 1.86 bits per heavy atom. The number of aromatic nitrogens is 1. The topological polar surface area (TPSA) is 105 Å². The number of piperidine rings is 1. The molecule has 0 saturated carbocycles. The Labute approximate surface area is 222 Å². The van der Waals surface area contributed by atoms with Crippen LogP contribution in [0.15, 0.2) is 51.6 Å². The lowest BCUT2D eigenvalue weighted by molar-refractivity contribution is -0.133. The van der Waals surface area contributed by atoms with E-state index in [0.717, 1.165) is 27.2 Å². The summed E-state index contributed by atoms with van der Waals surface area (Å²) in [6, 6.07) is 11.7. The number of thiazole rings is 1. The Bertz CT molecular complexity index is 1380. The van der Waals surface area contributed by atoms with Crippen molar-refractivity contribution in [2.24, 2.45) is 5.92 Å². The molecule has 4 aromatic rings. The van der Waals surface area contributed by atoms with Crippen molar-refractivity contribution < 1.29 is 18.8 Å². The summed E-state index contributed by atoms with van der Waals surface area (Å²) < 4.78 is 5.93. The van der Waals surface area contributed by atoms with Crippen molar-refractivity contribution in [3.8, 4) is 22.0 Å². The minimum Gasteiger partial charge on any atom is -0.454 e. The molecule has 37 heavy (non-hydrogen) atoms. The Kier molecular flexibility index (Phi) is 7.66. The van der Waals surface area contributed by atoms with Gasteiger partial charge in [0, 0.05) is 55.4 Å². The quantitative estimate of drug-likeness (QED) is 0.316. The molecule has 0 spiro atoms. The van der Waals surface area contributed by atoms with Gasteiger partial charge in [0.05, 0.1) is 0 Å². The Morgan fingerprint density at radius 3 is 2.65 bits per heavy atom. The molecule has 0 radical (unpaired) electrons. The number of carbonyl (C=O) groups excluding carboxylic acids is 3. The molecule has 192 valence electrons. The predicted octanol–water partition coefficient (Wildman–Crippen LogP) is 4.78. The highest BCUT2D eigenvalue weighted by molar-refractivity contribution is 7.15. The number of benzene rings is 1. The molecule has 0 unspecified atom stereocenters. The summed E-state index contributed by atoms with van der Waals surface area (Å²) >= 11 is 2.86. The number of thiophene rings is 1. The van der Waals surface area contributed by atoms with Crippen LogP contribution >= 0.6 is 22.7 Å². The summed E-state index contributed by atoms with van der Waals surface area (Å²) in [4.78, 5) is 43.8. The second-order valence-electron chi connectivity index (χ2n) is 9.03. The molecular weight excluding hydrogens is 508 g/mol. The van der Waals surface area contributed by atoms with Crippen LogP contribution in [0.25, 0.3) is 33.0 Å². The van der Waals surface area contributed by atoms with Crippen LogP contribution in [0.4, 0.5) is 0 Å². The summed E-state index contributed by atoms with van der Waals surface area (Å²) in [5.41, 5.74) is 2.37. The Balaban J connectivity index is 1.11. The van der Waals surface area contributed by atoms with Crippen LogP contribution < -0.4 is 10.6 Å². The van der Waals surface area contributed by atoms with Gasteiger partial charge in [-0.05, 0) is 42.8 Å². The van der Waals surface area contributed by atoms with E-state index in [1.807, 2.05) is 47.2 Å². The van der Waals surface area contributed by atoms with Crippen molar-refractivity contribution in [3.63, 3.8) is 0 Å². The van der Waals surface area contributed by atoms with Gasteiger partial charge in [-0.2, -0.15) is 0 Å². The summed E-state index contributed by atoms with van der Waals surface area (Å²) in [6.07, 6.45) is 2.02. The SMILES string of the molecule is CC(=O)N1CCC(C(=O)NCCCNC(=O)c2sccc2-c2nc(-c3cc4ccccc4o3)cs2)CC1. The second kappa shape index (κ2) is 11.3. The Morgan fingerprint density at radius 1 is 1.08 bits per heavy atom. The van der Waals surface area contributed by atoms with Crippen LogP contribution in [-0.2, 0) is 9.59 Å². The van der Waals surface area contributed by atoms with Gasteiger partial charge in [0.2, 0.25) is 11.8 Å². The lowest BCUT2D eigenvalue weighted by atomic mass is 9.96. The molecular formula is C27H28N4O4S2. The predicted molar refractivity (Wildman–Crippen MR) is 146 cm³/mol. The lowest BCUT2D eigenvalue weighted by Crippen LogP contribution is -2.42. The van der Waals surface area contributed by atoms with Gasteiger partial charge in [-0.3, -0.25) is 14.4 Å². The number of furan rings is 1. The molecule has 1 aromatic carbocycles. The first-order chi connectivity index (χ1) is 18.0.